The number of nitrogens with one attached hydrogen (secondary N) is 1. The zero-order valence-electron chi connectivity index (χ0n) is 17.1. The van der Waals surface area contributed by atoms with Gasteiger partial charge in [0, 0.05) is 0 Å². The molecule has 3 aromatic rings. The summed E-state index contributed by atoms with van der Waals surface area (Å²) in [6.45, 7) is 2.69. The van der Waals surface area contributed by atoms with Gasteiger partial charge in [-0.2, -0.15) is 5.10 Å². The van der Waals surface area contributed by atoms with Crippen molar-refractivity contribution in [2.24, 2.45) is 5.10 Å². The van der Waals surface area contributed by atoms with Crippen molar-refractivity contribution >= 4 is 28.1 Å². The Hall–Kier alpha value is -3.32. The largest absolute Gasteiger partial charge is 0.490 e. The Labute approximate surface area is 190 Å². The first-order valence-corrected chi connectivity index (χ1v) is 10.6. The minimum absolute atomic E-state index is 0.124. The first-order valence-electron chi connectivity index (χ1n) is 9.78. The Morgan fingerprint density at radius 3 is 2.42 bits per heavy atom. The van der Waals surface area contributed by atoms with Crippen molar-refractivity contribution in [2.45, 2.75) is 13.5 Å². The molecule has 0 saturated heterocycles. The second-order valence-corrected chi connectivity index (χ2v) is 7.29. The zero-order valence-corrected chi connectivity index (χ0v) is 18.7. The van der Waals surface area contributed by atoms with Gasteiger partial charge in [-0.05, 0) is 58.2 Å². The van der Waals surface area contributed by atoms with Gasteiger partial charge in [-0.1, -0.05) is 48.5 Å². The van der Waals surface area contributed by atoms with E-state index in [1.54, 1.807) is 12.1 Å². The molecular formula is C24H23BrN2O4. The minimum Gasteiger partial charge on any atom is -0.490 e. The third-order valence-electron chi connectivity index (χ3n) is 4.07. The summed E-state index contributed by atoms with van der Waals surface area (Å²) in [6.07, 6.45) is 1.54. The van der Waals surface area contributed by atoms with E-state index in [4.69, 9.17) is 14.2 Å². The van der Waals surface area contributed by atoms with Gasteiger partial charge in [0.1, 0.15) is 12.4 Å². The Bertz CT molecular complexity index is 1010. The second-order valence-electron chi connectivity index (χ2n) is 6.43. The fourth-order valence-corrected chi connectivity index (χ4v) is 3.25. The van der Waals surface area contributed by atoms with Crippen LogP contribution < -0.4 is 19.6 Å². The van der Waals surface area contributed by atoms with Crippen molar-refractivity contribution in [3.05, 3.63) is 88.4 Å². The lowest BCUT2D eigenvalue weighted by molar-refractivity contribution is -0.123. The molecule has 0 radical (unpaired) electrons. The van der Waals surface area contributed by atoms with Gasteiger partial charge in [-0.25, -0.2) is 5.43 Å². The SMILES string of the molecule is CCOc1cc(/C=N\NC(=O)COc2ccccc2)cc(Br)c1OCc1ccccc1. The molecule has 3 aromatic carbocycles. The molecular weight excluding hydrogens is 460 g/mol. The van der Waals surface area contributed by atoms with E-state index >= 15 is 0 Å². The second kappa shape index (κ2) is 11.8. The van der Waals surface area contributed by atoms with Crippen molar-refractivity contribution in [2.75, 3.05) is 13.2 Å². The first-order chi connectivity index (χ1) is 15.2. The van der Waals surface area contributed by atoms with Crippen LogP contribution in [-0.4, -0.2) is 25.3 Å². The lowest BCUT2D eigenvalue weighted by Crippen LogP contribution is -2.24. The number of amides is 1. The van der Waals surface area contributed by atoms with E-state index in [0.717, 1.165) is 15.6 Å². The van der Waals surface area contributed by atoms with Crippen LogP contribution in [0.2, 0.25) is 0 Å². The lowest BCUT2D eigenvalue weighted by atomic mass is 10.2. The third-order valence-corrected chi connectivity index (χ3v) is 4.66. The van der Waals surface area contributed by atoms with Crippen molar-refractivity contribution < 1.29 is 19.0 Å². The number of rotatable bonds is 10. The number of benzene rings is 3. The van der Waals surface area contributed by atoms with Crippen LogP contribution in [0.1, 0.15) is 18.1 Å². The van der Waals surface area contributed by atoms with Crippen LogP contribution in [0.3, 0.4) is 0 Å². The van der Waals surface area contributed by atoms with E-state index in [-0.39, 0.29) is 12.5 Å². The number of ether oxygens (including phenoxy) is 3. The molecule has 0 atom stereocenters. The number of carbonyl (C=O) groups is 1. The molecule has 0 fully saturated rings. The van der Waals surface area contributed by atoms with Gasteiger partial charge in [-0.3, -0.25) is 4.79 Å². The maximum Gasteiger partial charge on any atom is 0.277 e. The standard InChI is InChI=1S/C24H23BrN2O4/c1-2-29-22-14-19(13-21(25)24(22)31-16-18-9-5-3-6-10-18)15-26-27-23(28)17-30-20-11-7-4-8-12-20/h3-15H,2,16-17H2,1H3,(H,27,28)/b26-15-. The number of hydrogen-bond acceptors (Lipinski definition) is 5. The molecule has 1 N–H and O–H groups in total. The van der Waals surface area contributed by atoms with Gasteiger partial charge >= 0.3 is 0 Å². The summed E-state index contributed by atoms with van der Waals surface area (Å²) in [6, 6.07) is 22.7. The number of nitrogens with zero attached hydrogens (tertiary/aromatic N) is 1. The molecule has 0 bridgehead atoms. The fraction of sp³-hybridized carbons (Fsp3) is 0.167. The molecule has 0 aliphatic rings. The molecule has 6 nitrogen and oxygen atoms in total. The van der Waals surface area contributed by atoms with Crippen molar-refractivity contribution in [1.29, 1.82) is 0 Å². The molecule has 0 heterocycles. The van der Waals surface area contributed by atoms with Crippen LogP contribution in [0.15, 0.2) is 82.4 Å². The number of hydrogen-bond donors (Lipinski definition) is 1. The smallest absolute Gasteiger partial charge is 0.277 e. The van der Waals surface area contributed by atoms with Gasteiger partial charge in [0.2, 0.25) is 0 Å². The van der Waals surface area contributed by atoms with Crippen LogP contribution in [0, 0.1) is 0 Å². The molecule has 0 saturated carbocycles. The van der Waals surface area contributed by atoms with Crippen molar-refractivity contribution in [3.8, 4) is 17.2 Å². The quantitative estimate of drug-likeness (QED) is 0.327. The highest BCUT2D eigenvalue weighted by Crippen LogP contribution is 2.37. The first kappa shape index (κ1) is 22.4. The molecule has 1 amide bonds. The molecule has 160 valence electrons. The Morgan fingerprint density at radius 1 is 1.00 bits per heavy atom. The van der Waals surface area contributed by atoms with Gasteiger partial charge in [-0.15, -0.1) is 0 Å². The average Bonchev–Trinajstić information content (AvgIpc) is 2.79. The van der Waals surface area contributed by atoms with Crippen LogP contribution in [-0.2, 0) is 11.4 Å². The van der Waals surface area contributed by atoms with Crippen LogP contribution in [0.4, 0.5) is 0 Å². The van der Waals surface area contributed by atoms with Gasteiger partial charge < -0.3 is 14.2 Å². The molecule has 0 aromatic heterocycles. The monoisotopic (exact) mass is 482 g/mol. The summed E-state index contributed by atoms with van der Waals surface area (Å²) in [5.41, 5.74) is 4.25. The molecule has 0 aliphatic carbocycles. The van der Waals surface area contributed by atoms with Crippen LogP contribution >= 0.6 is 15.9 Å². The topological polar surface area (TPSA) is 69.2 Å². The summed E-state index contributed by atoms with van der Waals surface area (Å²) >= 11 is 3.54. The van der Waals surface area contributed by atoms with Crippen molar-refractivity contribution in [1.82, 2.24) is 5.43 Å². The summed E-state index contributed by atoms with van der Waals surface area (Å²) in [4.78, 5) is 11.9. The van der Waals surface area contributed by atoms with E-state index in [0.29, 0.717) is 30.5 Å². The predicted molar refractivity (Wildman–Crippen MR) is 124 cm³/mol. The molecule has 31 heavy (non-hydrogen) atoms. The highest BCUT2D eigenvalue weighted by atomic mass is 79.9. The molecule has 3 rings (SSSR count). The highest BCUT2D eigenvalue weighted by Gasteiger charge is 2.12. The van der Waals surface area contributed by atoms with Crippen LogP contribution in [0.5, 0.6) is 17.2 Å². The number of carbonyl (C=O) groups excluding carboxylic acids is 1. The average molecular weight is 483 g/mol. The Kier molecular flexibility index (Phi) is 8.48. The molecule has 0 unspecified atom stereocenters. The van der Waals surface area contributed by atoms with Crippen molar-refractivity contribution in [3.63, 3.8) is 0 Å². The van der Waals surface area contributed by atoms with E-state index in [9.17, 15) is 4.79 Å². The van der Waals surface area contributed by atoms with Crippen LogP contribution in [0.25, 0.3) is 0 Å². The summed E-state index contributed by atoms with van der Waals surface area (Å²) in [5.74, 6) is 1.47. The predicted octanol–water partition coefficient (Wildman–Crippen LogP) is 4.96. The number of halogens is 1. The highest BCUT2D eigenvalue weighted by molar-refractivity contribution is 9.10. The Morgan fingerprint density at radius 2 is 1.71 bits per heavy atom. The minimum atomic E-state index is -0.355. The molecule has 0 aliphatic heterocycles. The number of para-hydroxylation sites is 1. The maximum absolute atomic E-state index is 11.9. The van der Waals surface area contributed by atoms with Gasteiger partial charge in [0.25, 0.3) is 5.91 Å². The van der Waals surface area contributed by atoms with Gasteiger partial charge in [0.05, 0.1) is 17.3 Å². The van der Waals surface area contributed by atoms with E-state index in [1.165, 1.54) is 6.21 Å². The van der Waals surface area contributed by atoms with Gasteiger partial charge in [0.15, 0.2) is 18.1 Å². The molecule has 0 spiro atoms. The van der Waals surface area contributed by atoms with E-state index in [2.05, 4.69) is 26.5 Å². The summed E-state index contributed by atoms with van der Waals surface area (Å²) in [7, 11) is 0. The fourth-order valence-electron chi connectivity index (χ4n) is 2.67. The summed E-state index contributed by atoms with van der Waals surface area (Å²) < 4.78 is 17.8. The number of hydrazone groups is 1. The maximum atomic E-state index is 11.9. The van der Waals surface area contributed by atoms with E-state index < -0.39 is 0 Å². The normalized spacial score (nSPS) is 10.6. The lowest BCUT2D eigenvalue weighted by Gasteiger charge is -2.14. The third kappa shape index (κ3) is 7.15. The zero-order chi connectivity index (χ0) is 21.9. The Balaban J connectivity index is 1.60. The molecule has 7 heteroatoms. The summed E-state index contributed by atoms with van der Waals surface area (Å²) in [5, 5.41) is 4.00. The van der Waals surface area contributed by atoms with E-state index in [1.807, 2.05) is 67.6 Å².